The van der Waals surface area contributed by atoms with Crippen molar-refractivity contribution in [1.29, 1.82) is 0 Å². The number of benzene rings is 4. The highest BCUT2D eigenvalue weighted by molar-refractivity contribution is 5.77. The molecule has 0 fully saturated rings. The second-order valence-electron chi connectivity index (χ2n) is 7.34. The summed E-state index contributed by atoms with van der Waals surface area (Å²) < 4.78 is 17.2. The number of oxazole rings is 1. The molecule has 33 heavy (non-hydrogen) atoms. The predicted molar refractivity (Wildman–Crippen MR) is 127 cm³/mol. The molecule has 0 atom stereocenters. The number of azo groups is 1. The third-order valence-electron chi connectivity index (χ3n) is 5.08. The largest absolute Gasteiger partial charge is 0.494 e. The van der Waals surface area contributed by atoms with Crippen LogP contribution < -0.4 is 9.47 Å². The number of ether oxygens (including phenoxy) is 2. The van der Waals surface area contributed by atoms with E-state index in [1.54, 1.807) is 7.11 Å². The molecular weight excluding hydrogens is 414 g/mol. The van der Waals surface area contributed by atoms with Gasteiger partial charge in [-0.25, -0.2) is 4.98 Å². The number of hydrogen-bond acceptors (Lipinski definition) is 6. The molecule has 1 heterocycles. The van der Waals surface area contributed by atoms with Gasteiger partial charge in [-0.15, -0.1) is 5.11 Å². The molecule has 0 radical (unpaired) electrons. The molecule has 0 spiro atoms. The van der Waals surface area contributed by atoms with E-state index < -0.39 is 0 Å². The van der Waals surface area contributed by atoms with E-state index in [4.69, 9.17) is 13.9 Å². The van der Waals surface area contributed by atoms with Gasteiger partial charge in [0, 0.05) is 5.56 Å². The van der Waals surface area contributed by atoms with Crippen LogP contribution >= 0.6 is 0 Å². The van der Waals surface area contributed by atoms with Crippen LogP contribution in [0.2, 0.25) is 0 Å². The van der Waals surface area contributed by atoms with Crippen LogP contribution in [0.1, 0.15) is 5.56 Å². The van der Waals surface area contributed by atoms with Gasteiger partial charge in [0.15, 0.2) is 5.58 Å². The zero-order valence-electron chi connectivity index (χ0n) is 18.0. The molecule has 0 saturated heterocycles. The summed E-state index contributed by atoms with van der Waals surface area (Å²) in [5.41, 5.74) is 4.75. The first-order valence-electron chi connectivity index (χ1n) is 10.5. The van der Waals surface area contributed by atoms with E-state index in [2.05, 4.69) is 15.2 Å². The molecule has 1 aromatic heterocycles. The summed E-state index contributed by atoms with van der Waals surface area (Å²) >= 11 is 0. The van der Waals surface area contributed by atoms with Gasteiger partial charge in [-0.3, -0.25) is 0 Å². The second-order valence-corrected chi connectivity index (χ2v) is 7.34. The number of methoxy groups -OCH3 is 1. The summed E-state index contributed by atoms with van der Waals surface area (Å²) in [6.07, 6.45) is 0. The fourth-order valence-electron chi connectivity index (χ4n) is 3.36. The Kier molecular flexibility index (Phi) is 5.80. The zero-order chi connectivity index (χ0) is 22.5. The monoisotopic (exact) mass is 435 g/mol. The predicted octanol–water partition coefficient (Wildman–Crippen LogP) is 7.50. The molecule has 0 aliphatic heterocycles. The third kappa shape index (κ3) is 4.75. The first kappa shape index (κ1) is 20.5. The highest BCUT2D eigenvalue weighted by Crippen LogP contribution is 2.34. The van der Waals surface area contributed by atoms with E-state index >= 15 is 0 Å². The van der Waals surface area contributed by atoms with Crippen LogP contribution in [0.5, 0.6) is 11.5 Å². The Bertz CT molecular complexity index is 1360. The number of rotatable bonds is 7. The first-order chi connectivity index (χ1) is 16.3. The Labute approximate surface area is 191 Å². The standard InChI is InChI=1S/C27H21N3O3/c1-31-25-16-11-20(27-28-23-9-5-6-10-26(23)33-27)17-24(25)30-29-21-12-14-22(15-13-21)32-18-19-7-3-2-4-8-19/h2-17H,18H2,1H3. The van der Waals surface area contributed by atoms with E-state index in [9.17, 15) is 0 Å². The summed E-state index contributed by atoms with van der Waals surface area (Å²) in [5, 5.41) is 8.76. The fourth-order valence-corrected chi connectivity index (χ4v) is 3.36. The van der Waals surface area contributed by atoms with Crippen molar-refractivity contribution >= 4 is 22.5 Å². The smallest absolute Gasteiger partial charge is 0.227 e. The van der Waals surface area contributed by atoms with Crippen LogP contribution in [0.4, 0.5) is 11.4 Å². The van der Waals surface area contributed by atoms with E-state index in [1.807, 2.05) is 97.1 Å². The van der Waals surface area contributed by atoms with Gasteiger partial charge in [0.1, 0.15) is 29.3 Å². The molecule has 0 saturated carbocycles. The number of para-hydroxylation sites is 2. The molecule has 0 amide bonds. The lowest BCUT2D eigenvalue weighted by Gasteiger charge is -2.06. The van der Waals surface area contributed by atoms with Gasteiger partial charge in [0.2, 0.25) is 5.89 Å². The van der Waals surface area contributed by atoms with Gasteiger partial charge < -0.3 is 13.9 Å². The minimum Gasteiger partial charge on any atom is -0.494 e. The minimum absolute atomic E-state index is 0.515. The Morgan fingerprint density at radius 1 is 0.818 bits per heavy atom. The summed E-state index contributed by atoms with van der Waals surface area (Å²) in [6.45, 7) is 0.515. The van der Waals surface area contributed by atoms with Gasteiger partial charge in [-0.1, -0.05) is 42.5 Å². The van der Waals surface area contributed by atoms with Crippen molar-refractivity contribution in [3.8, 4) is 23.0 Å². The molecule has 162 valence electrons. The van der Waals surface area contributed by atoms with Crippen molar-refractivity contribution in [2.45, 2.75) is 6.61 Å². The summed E-state index contributed by atoms with van der Waals surface area (Å²) in [4.78, 5) is 4.55. The number of nitrogens with zero attached hydrogens (tertiary/aromatic N) is 3. The van der Waals surface area contributed by atoms with Gasteiger partial charge in [-0.05, 0) is 60.2 Å². The Morgan fingerprint density at radius 3 is 2.39 bits per heavy atom. The maximum atomic E-state index is 5.88. The Hall–Kier alpha value is -4.45. The van der Waals surface area contributed by atoms with Crippen LogP contribution in [0.25, 0.3) is 22.6 Å². The average Bonchev–Trinajstić information content (AvgIpc) is 3.32. The maximum absolute atomic E-state index is 5.88. The van der Waals surface area contributed by atoms with Gasteiger partial charge in [0.05, 0.1) is 12.8 Å². The van der Waals surface area contributed by atoms with Crippen molar-refractivity contribution < 1.29 is 13.9 Å². The molecule has 6 nitrogen and oxygen atoms in total. The molecule has 4 aromatic carbocycles. The molecule has 5 rings (SSSR count). The lowest BCUT2D eigenvalue weighted by Crippen LogP contribution is -1.94. The molecule has 5 aromatic rings. The lowest BCUT2D eigenvalue weighted by atomic mass is 10.2. The third-order valence-corrected chi connectivity index (χ3v) is 5.08. The molecule has 0 bridgehead atoms. The number of aromatic nitrogens is 1. The molecule has 6 heteroatoms. The van der Waals surface area contributed by atoms with Crippen LogP contribution in [0.3, 0.4) is 0 Å². The molecule has 0 N–H and O–H groups in total. The van der Waals surface area contributed by atoms with E-state index in [0.29, 0.717) is 29.6 Å². The van der Waals surface area contributed by atoms with Crippen molar-refractivity contribution in [3.63, 3.8) is 0 Å². The van der Waals surface area contributed by atoms with Gasteiger partial charge >= 0.3 is 0 Å². The molecule has 0 aliphatic carbocycles. The second kappa shape index (κ2) is 9.36. The van der Waals surface area contributed by atoms with Crippen molar-refractivity contribution in [1.82, 2.24) is 4.98 Å². The number of hydrogen-bond donors (Lipinski definition) is 0. The summed E-state index contributed by atoms with van der Waals surface area (Å²) in [6, 6.07) is 30.8. The highest BCUT2D eigenvalue weighted by atomic mass is 16.5. The first-order valence-corrected chi connectivity index (χ1v) is 10.5. The van der Waals surface area contributed by atoms with Crippen LogP contribution in [-0.2, 0) is 6.61 Å². The maximum Gasteiger partial charge on any atom is 0.227 e. The fraction of sp³-hybridized carbons (Fsp3) is 0.0741. The van der Waals surface area contributed by atoms with Gasteiger partial charge in [-0.2, -0.15) is 5.11 Å². The van der Waals surface area contributed by atoms with Crippen molar-refractivity contribution in [2.75, 3.05) is 7.11 Å². The van der Waals surface area contributed by atoms with Crippen LogP contribution in [0, 0.1) is 0 Å². The normalized spacial score (nSPS) is 11.2. The van der Waals surface area contributed by atoms with E-state index in [1.165, 1.54) is 0 Å². The quantitative estimate of drug-likeness (QED) is 0.248. The Morgan fingerprint density at radius 2 is 1.61 bits per heavy atom. The van der Waals surface area contributed by atoms with Gasteiger partial charge in [0.25, 0.3) is 0 Å². The van der Waals surface area contributed by atoms with Crippen molar-refractivity contribution in [3.05, 3.63) is 103 Å². The van der Waals surface area contributed by atoms with Crippen LogP contribution in [0.15, 0.2) is 112 Å². The Balaban J connectivity index is 1.33. The highest BCUT2D eigenvalue weighted by Gasteiger charge is 2.11. The molecule has 0 aliphatic rings. The number of fused-ring (bicyclic) bond motifs is 1. The van der Waals surface area contributed by atoms with Crippen molar-refractivity contribution in [2.24, 2.45) is 10.2 Å². The van der Waals surface area contributed by atoms with Crippen LogP contribution in [-0.4, -0.2) is 12.1 Å². The topological polar surface area (TPSA) is 69.2 Å². The molecule has 0 unspecified atom stereocenters. The summed E-state index contributed by atoms with van der Waals surface area (Å²) in [7, 11) is 1.60. The summed E-state index contributed by atoms with van der Waals surface area (Å²) in [5.74, 6) is 1.91. The molecular formula is C27H21N3O3. The zero-order valence-corrected chi connectivity index (χ0v) is 18.0. The lowest BCUT2D eigenvalue weighted by molar-refractivity contribution is 0.306. The SMILES string of the molecule is COc1ccc(-c2nc3ccccc3o2)cc1N=Nc1ccc(OCc2ccccc2)cc1. The average molecular weight is 435 g/mol. The minimum atomic E-state index is 0.515. The van der Waals surface area contributed by atoms with E-state index in [0.717, 1.165) is 28.0 Å². The van der Waals surface area contributed by atoms with E-state index in [-0.39, 0.29) is 0 Å².